The van der Waals surface area contributed by atoms with E-state index in [-0.39, 0.29) is 51.0 Å². The molecule has 1 aliphatic carbocycles. The third-order valence-electron chi connectivity index (χ3n) is 7.15. The zero-order valence-electron chi connectivity index (χ0n) is 27.5. The minimum atomic E-state index is -1.31. The van der Waals surface area contributed by atoms with E-state index in [0.29, 0.717) is 0 Å². The van der Waals surface area contributed by atoms with Crippen molar-refractivity contribution in [3.63, 3.8) is 0 Å². The number of esters is 2. The highest BCUT2D eigenvalue weighted by molar-refractivity contribution is 5.89. The number of carbonyl (C=O) groups excluding carboxylic acids is 4. The minimum absolute atomic E-state index is 0.00827. The van der Waals surface area contributed by atoms with Gasteiger partial charge in [0.1, 0.15) is 29.9 Å². The number of carboxylic acid groups (broad SMARTS) is 1. The maximum absolute atomic E-state index is 13.3. The third kappa shape index (κ3) is 11.2. The molecule has 0 radical (unpaired) electrons. The fraction of sp³-hybridized carbons (Fsp3) is 0.514. The summed E-state index contributed by atoms with van der Waals surface area (Å²) in [6.07, 6.45) is -0.534. The fourth-order valence-electron chi connectivity index (χ4n) is 5.27. The highest BCUT2D eigenvalue weighted by Crippen LogP contribution is 2.44. The minimum Gasteiger partial charge on any atom is -0.480 e. The molecular weight excluding hydrogens is 592 g/mol. The number of carboxylic acids is 1. The lowest BCUT2D eigenvalue weighted by Crippen LogP contribution is -2.51. The Hall–Kier alpha value is -4.41. The average molecular weight is 639 g/mol. The molecule has 0 saturated heterocycles. The first-order valence-electron chi connectivity index (χ1n) is 15.6. The predicted molar refractivity (Wildman–Crippen MR) is 171 cm³/mol. The maximum Gasteiger partial charge on any atom is 0.407 e. The number of rotatable bonds is 14. The van der Waals surface area contributed by atoms with Crippen molar-refractivity contribution in [1.82, 2.24) is 10.6 Å². The third-order valence-corrected chi connectivity index (χ3v) is 7.15. The summed E-state index contributed by atoms with van der Waals surface area (Å²) in [6, 6.07) is 13.3. The van der Waals surface area contributed by atoms with E-state index in [1.165, 1.54) is 0 Å². The van der Waals surface area contributed by atoms with Crippen molar-refractivity contribution < 1.29 is 43.3 Å². The molecule has 3 rings (SSSR count). The van der Waals surface area contributed by atoms with E-state index in [1.54, 1.807) is 41.5 Å². The molecule has 2 amide bonds. The van der Waals surface area contributed by atoms with E-state index < -0.39 is 53.2 Å². The SMILES string of the molecule is CC(C)(C)OC(=O)CCC[C@H](NC(=O)[C@H](CCCC(=O)OC(C)(C)C)NC(=O)OCC1c2ccccc2-c2ccccc21)C(=O)O. The second-order valence-corrected chi connectivity index (χ2v) is 13.4. The van der Waals surface area contributed by atoms with Crippen LogP contribution in [0, 0.1) is 0 Å². The highest BCUT2D eigenvalue weighted by atomic mass is 16.6. The standard InChI is InChI=1S/C35H46N2O9/c1-34(2,3)45-29(38)19-11-17-27(31(40)36-28(32(41)42)18-12-20-30(39)46-35(4,5)6)37-33(43)44-21-26-24-15-9-7-13-22(24)23-14-8-10-16-25(23)26/h7-10,13-16,26-28H,11-12,17-21H2,1-6H3,(H,36,40)(H,37,43)(H,41,42)/t27-,28-/m0/s1. The van der Waals surface area contributed by atoms with Crippen LogP contribution in [0.15, 0.2) is 48.5 Å². The van der Waals surface area contributed by atoms with Crippen molar-refractivity contribution in [2.75, 3.05) is 6.61 Å². The van der Waals surface area contributed by atoms with Crippen LogP contribution in [0.4, 0.5) is 4.79 Å². The molecule has 0 aliphatic heterocycles. The monoisotopic (exact) mass is 638 g/mol. The Balaban J connectivity index is 1.65. The van der Waals surface area contributed by atoms with E-state index in [9.17, 15) is 29.1 Å². The second-order valence-electron chi connectivity index (χ2n) is 13.4. The lowest BCUT2D eigenvalue weighted by Gasteiger charge is -2.23. The number of ether oxygens (including phenoxy) is 3. The number of aliphatic carboxylic acids is 1. The molecule has 0 bridgehead atoms. The molecule has 0 saturated carbocycles. The van der Waals surface area contributed by atoms with Crippen LogP contribution in [0.5, 0.6) is 0 Å². The van der Waals surface area contributed by atoms with Crippen molar-refractivity contribution in [1.29, 1.82) is 0 Å². The largest absolute Gasteiger partial charge is 0.480 e. The Morgan fingerprint density at radius 3 is 1.63 bits per heavy atom. The van der Waals surface area contributed by atoms with Gasteiger partial charge in [-0.05, 0) is 89.5 Å². The van der Waals surface area contributed by atoms with E-state index in [1.807, 2.05) is 48.5 Å². The molecule has 2 atom stereocenters. The molecule has 0 unspecified atom stereocenters. The Bertz CT molecular complexity index is 1360. The zero-order chi connectivity index (χ0) is 34.1. The van der Waals surface area contributed by atoms with Crippen LogP contribution in [0.25, 0.3) is 11.1 Å². The average Bonchev–Trinajstić information content (AvgIpc) is 3.26. The molecule has 11 nitrogen and oxygen atoms in total. The van der Waals surface area contributed by atoms with Crippen LogP contribution in [0.1, 0.15) is 97.1 Å². The summed E-state index contributed by atoms with van der Waals surface area (Å²) in [7, 11) is 0. The maximum atomic E-state index is 13.3. The summed E-state index contributed by atoms with van der Waals surface area (Å²) in [6.45, 7) is 10.5. The fourth-order valence-corrected chi connectivity index (χ4v) is 5.27. The number of amides is 2. The number of hydrogen-bond donors (Lipinski definition) is 3. The summed E-state index contributed by atoms with van der Waals surface area (Å²) in [4.78, 5) is 62.6. The predicted octanol–water partition coefficient (Wildman–Crippen LogP) is 5.49. The Labute approximate surface area is 270 Å². The second kappa shape index (κ2) is 15.7. The van der Waals surface area contributed by atoms with Crippen LogP contribution in [-0.2, 0) is 33.4 Å². The van der Waals surface area contributed by atoms with Gasteiger partial charge in [-0.3, -0.25) is 14.4 Å². The summed E-state index contributed by atoms with van der Waals surface area (Å²) < 4.78 is 16.2. The van der Waals surface area contributed by atoms with Gasteiger partial charge < -0.3 is 30.0 Å². The van der Waals surface area contributed by atoms with Gasteiger partial charge in [-0.2, -0.15) is 0 Å². The van der Waals surface area contributed by atoms with Gasteiger partial charge in [-0.25, -0.2) is 9.59 Å². The van der Waals surface area contributed by atoms with Gasteiger partial charge in [0.15, 0.2) is 0 Å². The number of carbonyl (C=O) groups is 5. The summed E-state index contributed by atoms with van der Waals surface area (Å²) in [5.41, 5.74) is 2.84. The quantitative estimate of drug-likeness (QED) is 0.180. The summed E-state index contributed by atoms with van der Waals surface area (Å²) in [5.74, 6) is -3.16. The van der Waals surface area contributed by atoms with E-state index in [2.05, 4.69) is 10.6 Å². The van der Waals surface area contributed by atoms with Crippen LogP contribution < -0.4 is 10.6 Å². The molecule has 0 fully saturated rings. The molecule has 3 N–H and O–H groups in total. The molecule has 2 aromatic carbocycles. The van der Waals surface area contributed by atoms with Crippen LogP contribution >= 0.6 is 0 Å². The summed E-state index contributed by atoms with van der Waals surface area (Å²) in [5, 5.41) is 14.8. The Morgan fingerprint density at radius 1 is 0.717 bits per heavy atom. The molecule has 250 valence electrons. The number of hydrogen-bond acceptors (Lipinski definition) is 8. The first kappa shape index (κ1) is 36.1. The molecule has 46 heavy (non-hydrogen) atoms. The molecule has 11 heteroatoms. The van der Waals surface area contributed by atoms with Gasteiger partial charge >= 0.3 is 24.0 Å². The van der Waals surface area contributed by atoms with Crippen molar-refractivity contribution in [2.45, 2.75) is 109 Å². The zero-order valence-corrected chi connectivity index (χ0v) is 27.5. The lowest BCUT2D eigenvalue weighted by atomic mass is 9.98. The Kier molecular flexibility index (Phi) is 12.3. The first-order chi connectivity index (χ1) is 21.5. The van der Waals surface area contributed by atoms with Crippen molar-refractivity contribution in [3.05, 3.63) is 59.7 Å². The molecule has 0 spiro atoms. The number of alkyl carbamates (subject to hydrolysis) is 1. The highest BCUT2D eigenvalue weighted by Gasteiger charge is 2.31. The number of nitrogens with one attached hydrogen (secondary N) is 2. The van der Waals surface area contributed by atoms with E-state index in [4.69, 9.17) is 14.2 Å². The lowest BCUT2D eigenvalue weighted by molar-refractivity contribution is -0.156. The van der Waals surface area contributed by atoms with Crippen molar-refractivity contribution in [2.24, 2.45) is 0 Å². The number of benzene rings is 2. The van der Waals surface area contributed by atoms with Gasteiger partial charge in [-0.1, -0.05) is 48.5 Å². The van der Waals surface area contributed by atoms with Crippen LogP contribution in [0.2, 0.25) is 0 Å². The topological polar surface area (TPSA) is 157 Å². The Morgan fingerprint density at radius 2 is 1.17 bits per heavy atom. The summed E-state index contributed by atoms with van der Waals surface area (Å²) >= 11 is 0. The van der Waals surface area contributed by atoms with E-state index >= 15 is 0 Å². The van der Waals surface area contributed by atoms with Crippen LogP contribution in [0.3, 0.4) is 0 Å². The normalized spacial score (nSPS) is 13.9. The molecular formula is C35H46N2O9. The van der Waals surface area contributed by atoms with Crippen molar-refractivity contribution >= 4 is 29.9 Å². The van der Waals surface area contributed by atoms with Gasteiger partial charge in [0.05, 0.1) is 0 Å². The van der Waals surface area contributed by atoms with E-state index in [0.717, 1.165) is 22.3 Å². The first-order valence-corrected chi connectivity index (χ1v) is 15.6. The smallest absolute Gasteiger partial charge is 0.407 e. The number of fused-ring (bicyclic) bond motifs is 3. The molecule has 2 aromatic rings. The van der Waals surface area contributed by atoms with Gasteiger partial charge in [0.25, 0.3) is 0 Å². The van der Waals surface area contributed by atoms with Crippen LogP contribution in [-0.4, -0.2) is 64.9 Å². The molecule has 1 aliphatic rings. The van der Waals surface area contributed by atoms with Crippen molar-refractivity contribution in [3.8, 4) is 11.1 Å². The van der Waals surface area contributed by atoms with Gasteiger partial charge in [0, 0.05) is 18.8 Å². The molecule has 0 heterocycles. The molecule has 0 aromatic heterocycles. The van der Waals surface area contributed by atoms with Gasteiger partial charge in [0.2, 0.25) is 5.91 Å². The van der Waals surface area contributed by atoms with Gasteiger partial charge in [-0.15, -0.1) is 0 Å².